The molecule has 37 heavy (non-hydrogen) atoms. The largest absolute Gasteiger partial charge is 0.423 e. The first-order valence-corrected chi connectivity index (χ1v) is 13.1. The van der Waals surface area contributed by atoms with Crippen LogP contribution in [0.15, 0.2) is 53.6 Å². The summed E-state index contributed by atoms with van der Waals surface area (Å²) in [5, 5.41) is 4.91. The zero-order valence-corrected chi connectivity index (χ0v) is 21.4. The molecule has 9 nitrogen and oxygen atoms in total. The number of hydrogen-bond acceptors (Lipinski definition) is 9. The highest BCUT2D eigenvalue weighted by Gasteiger charge is 2.20. The van der Waals surface area contributed by atoms with Crippen molar-refractivity contribution in [1.29, 1.82) is 0 Å². The SMILES string of the molecule is O=C(Oc1ccc(C=NNc2nc(N3CCCCC3)nc(N3CCCCC3)n2)cc1)c1ccc(Cl)cc1. The number of hydrogen-bond donors (Lipinski definition) is 1. The maximum atomic E-state index is 12.3. The molecule has 2 aliphatic heterocycles. The second-order valence-corrected chi connectivity index (χ2v) is 9.63. The standard InChI is InChI=1S/C27H30ClN7O2/c28-22-11-9-21(10-12-22)24(36)37-23-13-7-20(8-14-23)19-29-33-25-30-26(34-15-3-1-4-16-34)32-27(31-25)35-17-5-2-6-18-35/h7-14,19H,1-6,15-18H2,(H,30,31,32,33). The van der Waals surface area contributed by atoms with Crippen LogP contribution in [0.4, 0.5) is 17.8 Å². The summed E-state index contributed by atoms with van der Waals surface area (Å²) in [4.78, 5) is 30.9. The van der Waals surface area contributed by atoms with Gasteiger partial charge in [0.05, 0.1) is 11.8 Å². The molecule has 2 fully saturated rings. The second-order valence-electron chi connectivity index (χ2n) is 9.19. The molecular formula is C27H30ClN7O2. The minimum atomic E-state index is -0.441. The lowest BCUT2D eigenvalue weighted by Crippen LogP contribution is -2.34. The van der Waals surface area contributed by atoms with Crippen LogP contribution in [0.2, 0.25) is 5.02 Å². The third-order valence-electron chi connectivity index (χ3n) is 6.44. The van der Waals surface area contributed by atoms with Gasteiger partial charge in [-0.2, -0.15) is 20.1 Å². The molecule has 0 atom stereocenters. The Morgan fingerprint density at radius 1 is 0.811 bits per heavy atom. The van der Waals surface area contributed by atoms with Gasteiger partial charge < -0.3 is 14.5 Å². The number of esters is 1. The maximum Gasteiger partial charge on any atom is 0.343 e. The Labute approximate surface area is 221 Å². The molecule has 0 spiro atoms. The highest BCUT2D eigenvalue weighted by Crippen LogP contribution is 2.22. The molecule has 3 aromatic rings. The second kappa shape index (κ2) is 12.0. The number of nitrogens with one attached hydrogen (secondary N) is 1. The lowest BCUT2D eigenvalue weighted by molar-refractivity contribution is 0.0735. The monoisotopic (exact) mass is 519 g/mol. The molecule has 2 aliphatic rings. The van der Waals surface area contributed by atoms with Crippen molar-refractivity contribution in [2.75, 3.05) is 41.4 Å². The molecule has 0 amide bonds. The quantitative estimate of drug-likeness (QED) is 0.198. The molecule has 1 N–H and O–H groups in total. The van der Waals surface area contributed by atoms with E-state index in [1.165, 1.54) is 12.8 Å². The Balaban J connectivity index is 1.24. The summed E-state index contributed by atoms with van der Waals surface area (Å²) in [5.74, 6) is 1.85. The van der Waals surface area contributed by atoms with E-state index in [0.29, 0.717) is 34.2 Å². The summed E-state index contributed by atoms with van der Waals surface area (Å²) in [7, 11) is 0. The summed E-state index contributed by atoms with van der Waals surface area (Å²) in [5.41, 5.74) is 4.25. The van der Waals surface area contributed by atoms with Gasteiger partial charge in [0.1, 0.15) is 5.75 Å². The summed E-state index contributed by atoms with van der Waals surface area (Å²) < 4.78 is 5.43. The van der Waals surface area contributed by atoms with E-state index in [1.54, 1.807) is 42.6 Å². The summed E-state index contributed by atoms with van der Waals surface area (Å²) in [6, 6.07) is 13.7. The van der Waals surface area contributed by atoms with Crippen LogP contribution >= 0.6 is 11.6 Å². The number of anilines is 3. The van der Waals surface area contributed by atoms with Crippen LogP contribution in [0.1, 0.15) is 54.4 Å². The van der Waals surface area contributed by atoms with Crippen LogP contribution in [0.5, 0.6) is 5.75 Å². The molecular weight excluding hydrogens is 490 g/mol. The fourth-order valence-corrected chi connectivity index (χ4v) is 4.54. The number of benzene rings is 2. The molecule has 5 rings (SSSR count). The molecule has 0 radical (unpaired) electrons. The van der Waals surface area contributed by atoms with E-state index in [-0.39, 0.29) is 0 Å². The summed E-state index contributed by atoms with van der Waals surface area (Å²) >= 11 is 5.88. The predicted molar refractivity (Wildman–Crippen MR) is 146 cm³/mol. The number of halogens is 1. The lowest BCUT2D eigenvalue weighted by Gasteiger charge is -2.30. The van der Waals surface area contributed by atoms with Crippen molar-refractivity contribution in [3.63, 3.8) is 0 Å². The minimum Gasteiger partial charge on any atom is -0.423 e. The van der Waals surface area contributed by atoms with Crippen molar-refractivity contribution in [2.45, 2.75) is 38.5 Å². The average molecular weight is 520 g/mol. The third-order valence-corrected chi connectivity index (χ3v) is 6.69. The Hall–Kier alpha value is -3.72. The number of nitrogens with zero attached hydrogens (tertiary/aromatic N) is 6. The molecule has 1 aromatic heterocycles. The van der Waals surface area contributed by atoms with Crippen LogP contribution in [-0.4, -0.2) is 53.3 Å². The minimum absolute atomic E-state index is 0.431. The molecule has 2 saturated heterocycles. The van der Waals surface area contributed by atoms with Crippen LogP contribution in [-0.2, 0) is 0 Å². The number of carbonyl (C=O) groups excluding carboxylic acids is 1. The smallest absolute Gasteiger partial charge is 0.343 e. The number of ether oxygens (including phenoxy) is 1. The van der Waals surface area contributed by atoms with Gasteiger partial charge in [-0.05, 0) is 92.6 Å². The lowest BCUT2D eigenvalue weighted by atomic mass is 10.1. The van der Waals surface area contributed by atoms with Crippen LogP contribution in [0.3, 0.4) is 0 Å². The number of hydrazone groups is 1. The van der Waals surface area contributed by atoms with Gasteiger partial charge in [-0.3, -0.25) is 0 Å². The maximum absolute atomic E-state index is 12.3. The first-order chi connectivity index (χ1) is 18.1. The van der Waals surface area contributed by atoms with Crippen LogP contribution < -0.4 is 20.0 Å². The summed E-state index contributed by atoms with van der Waals surface area (Å²) in [6.45, 7) is 3.84. The first-order valence-electron chi connectivity index (χ1n) is 12.8. The van der Waals surface area contributed by atoms with Gasteiger partial charge in [-0.15, -0.1) is 0 Å². The molecule has 192 valence electrons. The zero-order chi connectivity index (χ0) is 25.5. The van der Waals surface area contributed by atoms with Gasteiger partial charge in [-0.1, -0.05) is 11.6 Å². The van der Waals surface area contributed by atoms with Gasteiger partial charge in [0, 0.05) is 31.2 Å². The van der Waals surface area contributed by atoms with Crippen molar-refractivity contribution in [3.8, 4) is 5.75 Å². The van der Waals surface area contributed by atoms with Gasteiger partial charge in [0.25, 0.3) is 0 Å². The predicted octanol–water partition coefficient (Wildman–Crippen LogP) is 5.17. The Kier molecular flexibility index (Phi) is 8.10. The number of aromatic nitrogens is 3. The van der Waals surface area contributed by atoms with Crippen molar-refractivity contribution in [3.05, 3.63) is 64.7 Å². The van der Waals surface area contributed by atoms with Crippen molar-refractivity contribution >= 4 is 41.6 Å². The van der Waals surface area contributed by atoms with E-state index >= 15 is 0 Å². The molecule has 0 unspecified atom stereocenters. The molecule has 0 bridgehead atoms. The topological polar surface area (TPSA) is 95.8 Å². The Bertz CT molecular complexity index is 1190. The van der Waals surface area contributed by atoms with Crippen LogP contribution in [0, 0.1) is 0 Å². The van der Waals surface area contributed by atoms with Crippen LogP contribution in [0.25, 0.3) is 0 Å². The van der Waals surface area contributed by atoms with Gasteiger partial charge in [0.15, 0.2) is 0 Å². The van der Waals surface area contributed by atoms with Crippen molar-refractivity contribution in [2.24, 2.45) is 5.10 Å². The molecule has 10 heteroatoms. The highest BCUT2D eigenvalue weighted by atomic mass is 35.5. The van der Waals surface area contributed by atoms with E-state index in [0.717, 1.165) is 57.4 Å². The molecule has 2 aromatic carbocycles. The average Bonchev–Trinajstić information content (AvgIpc) is 2.95. The van der Waals surface area contributed by atoms with Gasteiger partial charge in [0.2, 0.25) is 17.8 Å². The van der Waals surface area contributed by atoms with E-state index in [4.69, 9.17) is 21.3 Å². The van der Waals surface area contributed by atoms with Crippen molar-refractivity contribution in [1.82, 2.24) is 15.0 Å². The Morgan fingerprint density at radius 2 is 1.38 bits per heavy atom. The molecule has 0 saturated carbocycles. The molecule has 3 heterocycles. The van der Waals surface area contributed by atoms with Gasteiger partial charge >= 0.3 is 5.97 Å². The fraction of sp³-hybridized carbons (Fsp3) is 0.370. The van der Waals surface area contributed by atoms with E-state index < -0.39 is 5.97 Å². The van der Waals surface area contributed by atoms with Crippen molar-refractivity contribution < 1.29 is 9.53 Å². The number of carbonyl (C=O) groups is 1. The van der Waals surface area contributed by atoms with E-state index in [1.807, 2.05) is 12.1 Å². The normalized spacial score (nSPS) is 16.1. The Morgan fingerprint density at radius 3 is 1.95 bits per heavy atom. The zero-order valence-electron chi connectivity index (χ0n) is 20.6. The molecule has 0 aliphatic carbocycles. The number of rotatable bonds is 7. The number of piperidine rings is 2. The van der Waals surface area contributed by atoms with E-state index in [2.05, 4.69) is 30.3 Å². The summed E-state index contributed by atoms with van der Waals surface area (Å²) in [6.07, 6.45) is 8.76. The first kappa shape index (κ1) is 25.0. The fourth-order valence-electron chi connectivity index (χ4n) is 4.41. The van der Waals surface area contributed by atoms with E-state index in [9.17, 15) is 4.79 Å². The van der Waals surface area contributed by atoms with Gasteiger partial charge in [-0.25, -0.2) is 10.2 Å². The third kappa shape index (κ3) is 6.74. The highest BCUT2D eigenvalue weighted by molar-refractivity contribution is 6.30.